The number of esters is 3. The summed E-state index contributed by atoms with van der Waals surface area (Å²) >= 11 is 0. The van der Waals surface area contributed by atoms with E-state index in [1.54, 1.807) is 0 Å². The van der Waals surface area contributed by atoms with Crippen molar-refractivity contribution >= 4 is 17.9 Å². The van der Waals surface area contributed by atoms with Crippen LogP contribution in [0.3, 0.4) is 0 Å². The van der Waals surface area contributed by atoms with Gasteiger partial charge in [-0.15, -0.1) is 0 Å². The van der Waals surface area contributed by atoms with Crippen molar-refractivity contribution < 1.29 is 28.6 Å². The van der Waals surface area contributed by atoms with Gasteiger partial charge < -0.3 is 14.2 Å². The van der Waals surface area contributed by atoms with Crippen molar-refractivity contribution in [2.45, 2.75) is 207 Å². The molecule has 67 heavy (non-hydrogen) atoms. The number of unbranched alkanes of at least 4 members (excludes halogenated alkanes) is 10. The molecule has 0 saturated heterocycles. The molecule has 0 aromatic heterocycles. The maximum Gasteiger partial charge on any atom is 0.306 e. The second kappa shape index (κ2) is 53.9. The fourth-order valence-corrected chi connectivity index (χ4v) is 6.42. The van der Waals surface area contributed by atoms with Crippen LogP contribution in [-0.2, 0) is 28.6 Å². The molecule has 0 fully saturated rings. The normalized spacial score (nSPS) is 13.3. The third kappa shape index (κ3) is 52.1. The van der Waals surface area contributed by atoms with Crippen molar-refractivity contribution in [3.8, 4) is 0 Å². The molecule has 0 heterocycles. The first kappa shape index (κ1) is 62.3. The number of allylic oxidation sites excluding steroid dienone is 24. The summed E-state index contributed by atoms with van der Waals surface area (Å²) in [5.41, 5.74) is 0. The van der Waals surface area contributed by atoms with E-state index in [9.17, 15) is 14.4 Å². The third-order valence-corrected chi connectivity index (χ3v) is 10.3. The summed E-state index contributed by atoms with van der Waals surface area (Å²) < 4.78 is 16.7. The maximum absolute atomic E-state index is 12.8. The van der Waals surface area contributed by atoms with Crippen molar-refractivity contribution in [2.24, 2.45) is 0 Å². The van der Waals surface area contributed by atoms with E-state index in [0.29, 0.717) is 12.8 Å². The van der Waals surface area contributed by atoms with Gasteiger partial charge in [0.25, 0.3) is 0 Å². The van der Waals surface area contributed by atoms with E-state index in [2.05, 4.69) is 167 Å². The minimum Gasteiger partial charge on any atom is -0.462 e. The third-order valence-electron chi connectivity index (χ3n) is 10.3. The zero-order valence-corrected chi connectivity index (χ0v) is 42.6. The van der Waals surface area contributed by atoms with E-state index in [-0.39, 0.29) is 50.4 Å². The van der Waals surface area contributed by atoms with Gasteiger partial charge in [-0.1, -0.05) is 199 Å². The molecule has 0 aliphatic carbocycles. The Morgan fingerprint density at radius 1 is 0.313 bits per heavy atom. The summed E-state index contributed by atoms with van der Waals surface area (Å²) in [6.45, 7) is 6.25. The molecule has 0 aromatic carbocycles. The smallest absolute Gasteiger partial charge is 0.306 e. The highest BCUT2D eigenvalue weighted by atomic mass is 16.6. The molecule has 0 spiro atoms. The summed E-state index contributed by atoms with van der Waals surface area (Å²) in [6, 6.07) is 0. The quantitative estimate of drug-likeness (QED) is 0.0262. The number of rotatable bonds is 45. The lowest BCUT2D eigenvalue weighted by molar-refractivity contribution is -0.167. The molecule has 0 aliphatic heterocycles. The number of carbonyl (C=O) groups is 3. The lowest BCUT2D eigenvalue weighted by Crippen LogP contribution is -2.30. The first-order valence-electron chi connectivity index (χ1n) is 26.3. The average Bonchev–Trinajstić information content (AvgIpc) is 3.33. The van der Waals surface area contributed by atoms with Crippen molar-refractivity contribution in [2.75, 3.05) is 13.2 Å². The Morgan fingerprint density at radius 2 is 0.597 bits per heavy atom. The van der Waals surface area contributed by atoms with Gasteiger partial charge in [0.2, 0.25) is 0 Å². The highest BCUT2D eigenvalue weighted by Gasteiger charge is 2.19. The predicted octanol–water partition coefficient (Wildman–Crippen LogP) is 17.6. The van der Waals surface area contributed by atoms with Crippen LogP contribution in [0.2, 0.25) is 0 Å². The van der Waals surface area contributed by atoms with Crippen LogP contribution in [0.15, 0.2) is 146 Å². The van der Waals surface area contributed by atoms with Crippen LogP contribution >= 0.6 is 0 Å². The zero-order chi connectivity index (χ0) is 48.6. The Bertz CT molecular complexity index is 1440. The highest BCUT2D eigenvalue weighted by molar-refractivity contribution is 5.71. The molecule has 0 N–H and O–H groups in total. The predicted molar refractivity (Wildman–Crippen MR) is 288 cm³/mol. The molecule has 0 atom stereocenters. The lowest BCUT2D eigenvalue weighted by Gasteiger charge is -2.18. The van der Waals surface area contributed by atoms with Crippen molar-refractivity contribution in [3.63, 3.8) is 0 Å². The van der Waals surface area contributed by atoms with Crippen LogP contribution in [0, 0.1) is 0 Å². The largest absolute Gasteiger partial charge is 0.462 e. The van der Waals surface area contributed by atoms with Crippen molar-refractivity contribution in [1.29, 1.82) is 0 Å². The molecule has 0 aliphatic rings. The number of ether oxygens (including phenoxy) is 3. The van der Waals surface area contributed by atoms with E-state index in [0.717, 1.165) is 122 Å². The molecule has 0 amide bonds. The van der Waals surface area contributed by atoms with Gasteiger partial charge in [-0.2, -0.15) is 0 Å². The maximum atomic E-state index is 12.8. The molecule has 374 valence electrons. The molecule has 0 unspecified atom stereocenters. The Morgan fingerprint density at radius 3 is 0.955 bits per heavy atom. The molecular formula is C61H94O6. The number of carbonyl (C=O) groups excluding carboxylic acids is 3. The molecule has 0 aromatic rings. The van der Waals surface area contributed by atoms with E-state index in [1.165, 1.54) is 25.7 Å². The Hall–Kier alpha value is -4.71. The highest BCUT2D eigenvalue weighted by Crippen LogP contribution is 2.11. The van der Waals surface area contributed by atoms with Crippen LogP contribution in [0.5, 0.6) is 0 Å². The summed E-state index contributed by atoms with van der Waals surface area (Å²) in [4.78, 5) is 38.0. The first-order valence-corrected chi connectivity index (χ1v) is 26.3. The first-order chi connectivity index (χ1) is 33.0. The average molecular weight is 923 g/mol. The van der Waals surface area contributed by atoms with Crippen molar-refractivity contribution in [1.82, 2.24) is 0 Å². The SMILES string of the molecule is CCC=CCC=CCC=CCC=CCC=CCCCC(=O)OCC(COC(=O)CCCC=CCC=CCC=CCC=CCC=CCC)OC(=O)CCCCCCCC=CCC=CCCCCC. The van der Waals surface area contributed by atoms with Crippen LogP contribution in [-0.4, -0.2) is 37.2 Å². The van der Waals surface area contributed by atoms with Crippen LogP contribution in [0.4, 0.5) is 0 Å². The van der Waals surface area contributed by atoms with Gasteiger partial charge in [-0.3, -0.25) is 14.4 Å². The molecule has 6 heteroatoms. The second-order valence-corrected chi connectivity index (χ2v) is 16.7. The Balaban J connectivity index is 4.62. The standard InChI is InChI=1S/C61H94O6/c1-4-7-10-13-16-19-22-25-28-30-33-35-38-41-44-47-50-53-59(62)65-56-58(67-61(64)55-52-49-46-43-40-37-32-27-24-21-18-15-12-9-6-3)57-66-60(63)54-51-48-45-42-39-36-34-31-29-26-23-20-17-14-11-8-5-2/h7-8,10-11,16-21,25-29,32-36,41-42,44-45,58H,4-6,9,12-15,22-24,30-31,37-40,43,46-57H2,1-3H3. The topological polar surface area (TPSA) is 78.9 Å². The molecule has 0 bridgehead atoms. The number of hydrogen-bond acceptors (Lipinski definition) is 6. The molecule has 0 saturated carbocycles. The van der Waals surface area contributed by atoms with E-state index < -0.39 is 6.10 Å². The van der Waals surface area contributed by atoms with Crippen LogP contribution < -0.4 is 0 Å². The lowest BCUT2D eigenvalue weighted by atomic mass is 10.1. The van der Waals surface area contributed by atoms with E-state index in [4.69, 9.17) is 14.2 Å². The van der Waals surface area contributed by atoms with Gasteiger partial charge in [0.15, 0.2) is 6.10 Å². The van der Waals surface area contributed by atoms with E-state index >= 15 is 0 Å². The summed E-state index contributed by atoms with van der Waals surface area (Å²) in [5.74, 6) is -1.07. The van der Waals surface area contributed by atoms with Gasteiger partial charge >= 0.3 is 17.9 Å². The van der Waals surface area contributed by atoms with Gasteiger partial charge in [0, 0.05) is 19.3 Å². The van der Waals surface area contributed by atoms with Crippen LogP contribution in [0.1, 0.15) is 201 Å². The summed E-state index contributed by atoms with van der Waals surface area (Å²) in [6.07, 6.45) is 76.9. The summed E-state index contributed by atoms with van der Waals surface area (Å²) in [5, 5.41) is 0. The fraction of sp³-hybridized carbons (Fsp3) is 0.557. The monoisotopic (exact) mass is 923 g/mol. The molecule has 0 radical (unpaired) electrons. The van der Waals surface area contributed by atoms with Gasteiger partial charge in [0.1, 0.15) is 13.2 Å². The van der Waals surface area contributed by atoms with E-state index in [1.807, 2.05) is 0 Å². The van der Waals surface area contributed by atoms with Crippen molar-refractivity contribution in [3.05, 3.63) is 146 Å². The second-order valence-electron chi connectivity index (χ2n) is 16.7. The fourth-order valence-electron chi connectivity index (χ4n) is 6.42. The van der Waals surface area contributed by atoms with Gasteiger partial charge in [-0.25, -0.2) is 0 Å². The Labute approximate surface area is 410 Å². The molecular weight excluding hydrogens is 829 g/mol. The van der Waals surface area contributed by atoms with Gasteiger partial charge in [0.05, 0.1) is 0 Å². The van der Waals surface area contributed by atoms with Crippen LogP contribution in [0.25, 0.3) is 0 Å². The molecule has 6 nitrogen and oxygen atoms in total. The minimum atomic E-state index is -0.838. The zero-order valence-electron chi connectivity index (χ0n) is 42.6. The van der Waals surface area contributed by atoms with Gasteiger partial charge in [-0.05, 0) is 128 Å². The number of hydrogen-bond donors (Lipinski definition) is 0. The minimum absolute atomic E-state index is 0.137. The Kier molecular flexibility index (Phi) is 50.1. The summed E-state index contributed by atoms with van der Waals surface area (Å²) in [7, 11) is 0. The molecule has 0 rings (SSSR count).